The van der Waals surface area contributed by atoms with Crippen molar-refractivity contribution in [1.29, 1.82) is 0 Å². The van der Waals surface area contributed by atoms with E-state index in [1.165, 1.54) is 270 Å². The topological polar surface area (TPSA) is 78.9 Å². The Labute approximate surface area is 457 Å². The van der Waals surface area contributed by atoms with Crippen LogP contribution in [-0.4, -0.2) is 37.2 Å². The molecular weight excluding hydrogens is 901 g/mol. The number of carbonyl (C=O) groups is 3. The van der Waals surface area contributed by atoms with E-state index in [0.29, 0.717) is 19.3 Å². The van der Waals surface area contributed by atoms with Gasteiger partial charge in [-0.1, -0.05) is 343 Å². The van der Waals surface area contributed by atoms with Gasteiger partial charge in [0.1, 0.15) is 13.2 Å². The normalized spacial score (nSPS) is 12.4. The van der Waals surface area contributed by atoms with Gasteiger partial charge in [0.05, 0.1) is 0 Å². The summed E-state index contributed by atoms with van der Waals surface area (Å²) in [5.74, 6) is 0.940. The first-order valence-electron chi connectivity index (χ1n) is 33.3. The Kier molecular flexibility index (Phi) is 58.4. The molecule has 0 N–H and O–H groups in total. The molecule has 0 bridgehead atoms. The fourth-order valence-corrected chi connectivity index (χ4v) is 10.4. The van der Waals surface area contributed by atoms with E-state index in [0.717, 1.165) is 69.6 Å². The molecule has 0 heterocycles. The summed E-state index contributed by atoms with van der Waals surface area (Å²) in [6, 6.07) is 0. The highest BCUT2D eigenvalue weighted by Gasteiger charge is 2.19. The van der Waals surface area contributed by atoms with Crippen LogP contribution in [0.4, 0.5) is 0 Å². The van der Waals surface area contributed by atoms with Crippen LogP contribution in [0.15, 0.2) is 0 Å². The Bertz CT molecular complexity index is 1120. The van der Waals surface area contributed by atoms with Crippen molar-refractivity contribution in [2.75, 3.05) is 13.2 Å². The monoisotopic (exact) mass is 1030 g/mol. The maximum Gasteiger partial charge on any atom is 0.306 e. The van der Waals surface area contributed by atoms with Crippen LogP contribution in [0, 0.1) is 11.8 Å². The minimum Gasteiger partial charge on any atom is -0.462 e. The Morgan fingerprint density at radius 1 is 0.288 bits per heavy atom. The lowest BCUT2D eigenvalue weighted by Crippen LogP contribution is -2.30. The molecule has 0 fully saturated rings. The zero-order valence-electron chi connectivity index (χ0n) is 50.3. The van der Waals surface area contributed by atoms with Crippen LogP contribution < -0.4 is 0 Å². The van der Waals surface area contributed by atoms with Crippen molar-refractivity contribution in [3.8, 4) is 0 Å². The maximum absolute atomic E-state index is 12.9. The molecule has 6 nitrogen and oxygen atoms in total. The summed E-state index contributed by atoms with van der Waals surface area (Å²) in [7, 11) is 0. The van der Waals surface area contributed by atoms with Crippen LogP contribution in [0.3, 0.4) is 0 Å². The van der Waals surface area contributed by atoms with Crippen LogP contribution in [-0.2, 0) is 28.6 Å². The average Bonchev–Trinajstić information content (AvgIpc) is 3.38. The summed E-state index contributed by atoms with van der Waals surface area (Å²) in [5.41, 5.74) is 0. The van der Waals surface area contributed by atoms with Crippen molar-refractivity contribution < 1.29 is 28.6 Å². The molecule has 0 radical (unpaired) electrons. The predicted octanol–water partition coefficient (Wildman–Crippen LogP) is 22.4. The van der Waals surface area contributed by atoms with Crippen molar-refractivity contribution in [3.63, 3.8) is 0 Å². The number of ether oxygens (including phenoxy) is 3. The third-order valence-electron chi connectivity index (χ3n) is 15.8. The first-order valence-corrected chi connectivity index (χ1v) is 33.3. The molecule has 0 aliphatic rings. The summed E-state index contributed by atoms with van der Waals surface area (Å²) in [6.07, 6.45) is 66.8. The van der Waals surface area contributed by atoms with Gasteiger partial charge in [-0.15, -0.1) is 0 Å². The fourth-order valence-electron chi connectivity index (χ4n) is 10.4. The number of esters is 3. The van der Waals surface area contributed by atoms with Crippen molar-refractivity contribution >= 4 is 17.9 Å². The summed E-state index contributed by atoms with van der Waals surface area (Å²) < 4.78 is 17.0. The van der Waals surface area contributed by atoms with E-state index in [1.54, 1.807) is 0 Å². The molecular formula is C67H130O6. The summed E-state index contributed by atoms with van der Waals surface area (Å²) >= 11 is 0. The summed E-state index contributed by atoms with van der Waals surface area (Å²) in [4.78, 5) is 38.3. The van der Waals surface area contributed by atoms with Crippen LogP contribution in [0.25, 0.3) is 0 Å². The summed E-state index contributed by atoms with van der Waals surface area (Å²) in [5, 5.41) is 0. The molecule has 73 heavy (non-hydrogen) atoms. The standard InChI is InChI=1S/C67H130O6/c1-6-8-9-10-11-12-13-32-39-44-49-54-59-67(70)73-64(60-71-65(68)57-52-47-42-37-33-28-24-20-16-14-18-22-26-30-35-40-45-50-55-62(3)4)61-72-66(69)58-53-48-43-38-34-29-25-21-17-15-19-23-27-31-36-41-46-51-56-63(5)7-2/h62-64H,6-61H2,1-5H3/t63?,64-/m1/s1. The van der Waals surface area contributed by atoms with Gasteiger partial charge in [0.15, 0.2) is 6.10 Å². The van der Waals surface area contributed by atoms with Gasteiger partial charge in [-0.3, -0.25) is 14.4 Å². The molecule has 0 aromatic rings. The Balaban J connectivity index is 4.19. The number of hydrogen-bond donors (Lipinski definition) is 0. The lowest BCUT2D eigenvalue weighted by Gasteiger charge is -2.18. The molecule has 0 aromatic heterocycles. The molecule has 6 heteroatoms. The van der Waals surface area contributed by atoms with Crippen molar-refractivity contribution in [1.82, 2.24) is 0 Å². The van der Waals surface area contributed by atoms with Gasteiger partial charge in [0.25, 0.3) is 0 Å². The third-order valence-corrected chi connectivity index (χ3v) is 15.8. The zero-order valence-corrected chi connectivity index (χ0v) is 50.3. The van der Waals surface area contributed by atoms with E-state index >= 15 is 0 Å². The summed E-state index contributed by atoms with van der Waals surface area (Å²) in [6.45, 7) is 11.5. The smallest absolute Gasteiger partial charge is 0.306 e. The van der Waals surface area contributed by atoms with E-state index in [4.69, 9.17) is 14.2 Å². The van der Waals surface area contributed by atoms with Gasteiger partial charge in [0, 0.05) is 19.3 Å². The molecule has 0 saturated heterocycles. The predicted molar refractivity (Wildman–Crippen MR) is 316 cm³/mol. The van der Waals surface area contributed by atoms with Gasteiger partial charge in [0.2, 0.25) is 0 Å². The zero-order chi connectivity index (χ0) is 53.2. The van der Waals surface area contributed by atoms with E-state index in [-0.39, 0.29) is 31.1 Å². The SMILES string of the molecule is CCCCCCCCCCCCCCC(=O)O[C@H](COC(=O)CCCCCCCCCCCCCCCCCCCCC(C)C)COC(=O)CCCCCCCCCCCCCCCCCCCCC(C)CC. The average molecular weight is 1030 g/mol. The highest BCUT2D eigenvalue weighted by molar-refractivity contribution is 5.71. The molecule has 0 aliphatic heterocycles. The number of carbonyl (C=O) groups excluding carboxylic acids is 3. The fraction of sp³-hybridized carbons (Fsp3) is 0.955. The lowest BCUT2D eigenvalue weighted by molar-refractivity contribution is -0.167. The van der Waals surface area contributed by atoms with Crippen LogP contribution in [0.1, 0.15) is 381 Å². The van der Waals surface area contributed by atoms with Crippen molar-refractivity contribution in [3.05, 3.63) is 0 Å². The van der Waals surface area contributed by atoms with Crippen LogP contribution in [0.2, 0.25) is 0 Å². The van der Waals surface area contributed by atoms with E-state index < -0.39 is 6.10 Å². The molecule has 0 amide bonds. The minimum absolute atomic E-state index is 0.0616. The molecule has 0 aromatic carbocycles. The maximum atomic E-state index is 12.9. The van der Waals surface area contributed by atoms with Gasteiger partial charge >= 0.3 is 17.9 Å². The van der Waals surface area contributed by atoms with Gasteiger partial charge < -0.3 is 14.2 Å². The number of unbranched alkanes of at least 4 members (excludes halogenated alkanes) is 45. The quantitative estimate of drug-likeness (QED) is 0.0343. The van der Waals surface area contributed by atoms with E-state index in [1.807, 2.05) is 0 Å². The molecule has 0 spiro atoms. The molecule has 0 rings (SSSR count). The second-order valence-electron chi connectivity index (χ2n) is 23.8. The first kappa shape index (κ1) is 71.4. The van der Waals surface area contributed by atoms with Crippen LogP contribution >= 0.6 is 0 Å². The molecule has 0 saturated carbocycles. The van der Waals surface area contributed by atoms with Crippen LogP contribution in [0.5, 0.6) is 0 Å². The first-order chi connectivity index (χ1) is 35.8. The second-order valence-corrected chi connectivity index (χ2v) is 23.8. The molecule has 434 valence electrons. The van der Waals surface area contributed by atoms with E-state index in [9.17, 15) is 14.4 Å². The van der Waals surface area contributed by atoms with Gasteiger partial charge in [-0.2, -0.15) is 0 Å². The number of hydrogen-bond acceptors (Lipinski definition) is 6. The minimum atomic E-state index is -0.763. The highest BCUT2D eigenvalue weighted by Crippen LogP contribution is 2.20. The van der Waals surface area contributed by atoms with Gasteiger partial charge in [-0.05, 0) is 31.1 Å². The van der Waals surface area contributed by atoms with Crippen molar-refractivity contribution in [2.45, 2.75) is 387 Å². The Morgan fingerprint density at radius 3 is 0.781 bits per heavy atom. The van der Waals surface area contributed by atoms with E-state index in [2.05, 4.69) is 34.6 Å². The highest BCUT2D eigenvalue weighted by atomic mass is 16.6. The molecule has 2 atom stereocenters. The Hall–Kier alpha value is -1.59. The van der Waals surface area contributed by atoms with Gasteiger partial charge in [-0.25, -0.2) is 0 Å². The largest absolute Gasteiger partial charge is 0.462 e. The third kappa shape index (κ3) is 59.5. The second kappa shape index (κ2) is 59.7. The Morgan fingerprint density at radius 2 is 0.521 bits per heavy atom. The lowest BCUT2D eigenvalue weighted by atomic mass is 9.99. The molecule has 1 unspecified atom stereocenters. The number of rotatable bonds is 61. The van der Waals surface area contributed by atoms with Crippen molar-refractivity contribution in [2.24, 2.45) is 11.8 Å². The molecule has 0 aliphatic carbocycles.